The summed E-state index contributed by atoms with van der Waals surface area (Å²) in [6.45, 7) is 16.2. The van der Waals surface area contributed by atoms with E-state index in [1.54, 1.807) is 0 Å². The second kappa shape index (κ2) is 6.06. The average molecular weight is 278 g/mol. The number of hydrogen-bond donors (Lipinski definition) is 0. The van der Waals surface area contributed by atoms with Crippen molar-refractivity contribution in [1.29, 1.82) is 5.26 Å². The fraction of sp³-hybridized carbons (Fsp3) is 0.944. The summed E-state index contributed by atoms with van der Waals surface area (Å²) in [4.78, 5) is 2.48. The number of rotatable bonds is 2. The molecular formula is C18H34N2. The number of hydrogen-bond acceptors (Lipinski definition) is 2. The first-order valence-corrected chi connectivity index (χ1v) is 8.10. The molecule has 0 spiro atoms. The molecule has 2 heteroatoms. The molecule has 0 saturated heterocycles. The Balaban J connectivity index is 2.90. The zero-order valence-electron chi connectivity index (χ0n) is 14.8. The van der Waals surface area contributed by atoms with Crippen LogP contribution in [-0.4, -0.2) is 24.0 Å². The van der Waals surface area contributed by atoms with Crippen LogP contribution in [0.25, 0.3) is 0 Å². The lowest BCUT2D eigenvalue weighted by molar-refractivity contribution is 0.0241. The number of nitrogens with zero attached hydrogens (tertiary/aromatic N) is 2. The van der Waals surface area contributed by atoms with Crippen LogP contribution in [0, 0.1) is 34.0 Å². The molecule has 0 aromatic rings. The first kappa shape index (κ1) is 17.5. The molecule has 1 aliphatic carbocycles. The zero-order chi connectivity index (χ0) is 15.7. The first-order valence-electron chi connectivity index (χ1n) is 8.10. The van der Waals surface area contributed by atoms with Gasteiger partial charge in [0.05, 0.1) is 12.0 Å². The molecule has 116 valence electrons. The van der Waals surface area contributed by atoms with Crippen molar-refractivity contribution < 1.29 is 0 Å². The Morgan fingerprint density at radius 2 is 1.65 bits per heavy atom. The van der Waals surface area contributed by atoms with E-state index in [1.807, 2.05) is 0 Å². The van der Waals surface area contributed by atoms with Gasteiger partial charge in [-0.15, -0.1) is 0 Å². The van der Waals surface area contributed by atoms with Crippen molar-refractivity contribution in [3.05, 3.63) is 0 Å². The van der Waals surface area contributed by atoms with Gasteiger partial charge in [-0.05, 0) is 50.0 Å². The average Bonchev–Trinajstić information content (AvgIpc) is 2.34. The van der Waals surface area contributed by atoms with E-state index in [2.05, 4.69) is 66.5 Å². The van der Waals surface area contributed by atoms with Crippen molar-refractivity contribution >= 4 is 0 Å². The van der Waals surface area contributed by atoms with Gasteiger partial charge in [0, 0.05) is 12.1 Å². The molecule has 0 heterocycles. The molecule has 0 aromatic carbocycles. The normalized spacial score (nSPS) is 30.1. The Kier molecular flexibility index (Phi) is 5.30. The maximum Gasteiger partial charge on any atom is 0.0672 e. The van der Waals surface area contributed by atoms with Gasteiger partial charge >= 0.3 is 0 Å². The van der Waals surface area contributed by atoms with Crippen LogP contribution in [0.3, 0.4) is 0 Å². The molecule has 1 fully saturated rings. The molecule has 1 rings (SSSR count). The Morgan fingerprint density at radius 1 is 1.10 bits per heavy atom. The molecule has 1 aliphatic rings. The van der Waals surface area contributed by atoms with E-state index >= 15 is 0 Å². The largest absolute Gasteiger partial charge is 0.299 e. The van der Waals surface area contributed by atoms with Crippen LogP contribution in [0.4, 0.5) is 0 Å². The molecule has 0 aromatic heterocycles. The predicted molar refractivity (Wildman–Crippen MR) is 86.4 cm³/mol. The lowest BCUT2D eigenvalue weighted by Crippen LogP contribution is -2.51. The SMILES string of the molecule is CC(N(C)C1CC(C(C)(C)C)CCC1C#N)C(C)(C)C. The van der Waals surface area contributed by atoms with Gasteiger partial charge in [0.1, 0.15) is 0 Å². The second-order valence-corrected chi connectivity index (χ2v) is 8.89. The second-order valence-electron chi connectivity index (χ2n) is 8.89. The summed E-state index contributed by atoms with van der Waals surface area (Å²) in [6, 6.07) is 3.47. The van der Waals surface area contributed by atoms with Gasteiger partial charge in [0.15, 0.2) is 0 Å². The van der Waals surface area contributed by atoms with Crippen LogP contribution in [0.1, 0.15) is 67.7 Å². The van der Waals surface area contributed by atoms with E-state index in [0.717, 1.165) is 12.3 Å². The minimum Gasteiger partial charge on any atom is -0.299 e. The van der Waals surface area contributed by atoms with Crippen LogP contribution in [0.5, 0.6) is 0 Å². The van der Waals surface area contributed by atoms with Crippen LogP contribution in [0.15, 0.2) is 0 Å². The molecule has 2 nitrogen and oxygen atoms in total. The highest BCUT2D eigenvalue weighted by molar-refractivity contribution is 5.00. The highest BCUT2D eigenvalue weighted by atomic mass is 15.2. The van der Waals surface area contributed by atoms with E-state index in [-0.39, 0.29) is 11.3 Å². The van der Waals surface area contributed by atoms with Gasteiger partial charge in [-0.25, -0.2) is 0 Å². The van der Waals surface area contributed by atoms with Gasteiger partial charge in [-0.1, -0.05) is 41.5 Å². The molecule has 20 heavy (non-hydrogen) atoms. The standard InChI is InChI=1S/C18H34N2/c1-13(17(2,3)4)20(8)16-11-15(18(5,6)7)10-9-14(16)12-19/h13-16H,9-11H2,1-8H3. The van der Waals surface area contributed by atoms with Crippen LogP contribution in [0.2, 0.25) is 0 Å². The third-order valence-corrected chi connectivity index (χ3v) is 5.59. The van der Waals surface area contributed by atoms with Gasteiger partial charge in [0.25, 0.3) is 0 Å². The fourth-order valence-corrected chi connectivity index (χ4v) is 3.43. The van der Waals surface area contributed by atoms with E-state index < -0.39 is 0 Å². The van der Waals surface area contributed by atoms with Gasteiger partial charge in [-0.3, -0.25) is 4.90 Å². The van der Waals surface area contributed by atoms with E-state index in [4.69, 9.17) is 0 Å². The van der Waals surface area contributed by atoms with Crippen LogP contribution >= 0.6 is 0 Å². The summed E-state index contributed by atoms with van der Waals surface area (Å²) in [5.74, 6) is 0.926. The van der Waals surface area contributed by atoms with Crippen LogP contribution < -0.4 is 0 Å². The minimum absolute atomic E-state index is 0.198. The summed E-state index contributed by atoms with van der Waals surface area (Å²) in [5, 5.41) is 9.51. The zero-order valence-corrected chi connectivity index (χ0v) is 14.8. The molecule has 1 saturated carbocycles. The molecule has 0 radical (unpaired) electrons. The summed E-state index contributed by atoms with van der Waals surface area (Å²) in [5.41, 5.74) is 0.605. The van der Waals surface area contributed by atoms with Crippen molar-refractivity contribution in [2.75, 3.05) is 7.05 Å². The lowest BCUT2D eigenvalue weighted by atomic mass is 9.67. The van der Waals surface area contributed by atoms with Crippen molar-refractivity contribution in [2.24, 2.45) is 22.7 Å². The van der Waals surface area contributed by atoms with E-state index in [0.29, 0.717) is 17.5 Å². The topological polar surface area (TPSA) is 27.0 Å². The smallest absolute Gasteiger partial charge is 0.0672 e. The third kappa shape index (κ3) is 3.98. The highest BCUT2D eigenvalue weighted by Gasteiger charge is 2.40. The van der Waals surface area contributed by atoms with Gasteiger partial charge in [-0.2, -0.15) is 5.26 Å². The quantitative estimate of drug-likeness (QED) is 0.731. The Bertz CT molecular complexity index is 341. The summed E-state index contributed by atoms with van der Waals surface area (Å²) in [6.07, 6.45) is 3.43. The van der Waals surface area contributed by atoms with E-state index in [1.165, 1.54) is 12.8 Å². The molecular weight excluding hydrogens is 244 g/mol. The molecule has 0 N–H and O–H groups in total. The minimum atomic E-state index is 0.198. The van der Waals surface area contributed by atoms with Crippen molar-refractivity contribution in [3.8, 4) is 6.07 Å². The Hall–Kier alpha value is -0.550. The lowest BCUT2D eigenvalue weighted by Gasteiger charge is -2.47. The number of nitriles is 1. The summed E-state index contributed by atoms with van der Waals surface area (Å²) < 4.78 is 0. The Labute approximate surface area is 126 Å². The maximum absolute atomic E-state index is 9.51. The molecule has 4 atom stereocenters. The summed E-state index contributed by atoms with van der Waals surface area (Å²) >= 11 is 0. The molecule has 0 bridgehead atoms. The predicted octanol–water partition coefficient (Wildman–Crippen LogP) is 4.71. The van der Waals surface area contributed by atoms with Crippen LogP contribution in [-0.2, 0) is 0 Å². The molecule has 4 unspecified atom stereocenters. The third-order valence-electron chi connectivity index (χ3n) is 5.59. The van der Waals surface area contributed by atoms with Crippen molar-refractivity contribution in [1.82, 2.24) is 4.90 Å². The fourth-order valence-electron chi connectivity index (χ4n) is 3.43. The first-order chi connectivity index (χ1) is 8.98. The van der Waals surface area contributed by atoms with Crippen molar-refractivity contribution in [3.63, 3.8) is 0 Å². The Morgan fingerprint density at radius 3 is 2.05 bits per heavy atom. The molecule has 0 aliphatic heterocycles. The highest BCUT2D eigenvalue weighted by Crippen LogP contribution is 2.42. The summed E-state index contributed by atoms with van der Waals surface area (Å²) in [7, 11) is 2.22. The van der Waals surface area contributed by atoms with Crippen molar-refractivity contribution in [2.45, 2.75) is 79.8 Å². The van der Waals surface area contributed by atoms with E-state index in [9.17, 15) is 5.26 Å². The maximum atomic E-state index is 9.51. The van der Waals surface area contributed by atoms with Gasteiger partial charge in [0.2, 0.25) is 0 Å². The van der Waals surface area contributed by atoms with Gasteiger partial charge < -0.3 is 0 Å². The monoisotopic (exact) mass is 278 g/mol. The molecule has 0 amide bonds.